The molecule has 26 heavy (non-hydrogen) atoms. The van der Waals surface area contributed by atoms with E-state index < -0.39 is 0 Å². The molecule has 1 heterocycles. The van der Waals surface area contributed by atoms with Crippen LogP contribution in [-0.4, -0.2) is 56.1 Å². The Bertz CT molecular complexity index is 773. The first-order chi connectivity index (χ1) is 12.6. The molecule has 3 rings (SSSR count). The molecule has 0 unspecified atom stereocenters. The third kappa shape index (κ3) is 3.96. The van der Waals surface area contributed by atoms with Crippen LogP contribution in [0.5, 0.6) is 11.5 Å². The number of benzene rings is 2. The van der Waals surface area contributed by atoms with E-state index in [9.17, 15) is 9.18 Å². The second-order valence-electron chi connectivity index (χ2n) is 6.23. The average Bonchev–Trinajstić information content (AvgIpc) is 2.69. The minimum Gasteiger partial charge on any atom is -0.497 e. The molecule has 0 spiro atoms. The lowest BCUT2D eigenvalue weighted by molar-refractivity contribution is 0.0624. The number of rotatable bonds is 5. The van der Waals surface area contributed by atoms with Crippen molar-refractivity contribution in [2.24, 2.45) is 0 Å². The van der Waals surface area contributed by atoms with E-state index in [2.05, 4.69) is 4.90 Å². The smallest absolute Gasteiger partial charge is 0.257 e. The molecule has 1 fully saturated rings. The van der Waals surface area contributed by atoms with Crippen LogP contribution >= 0.6 is 0 Å². The Hall–Kier alpha value is -2.60. The quantitative estimate of drug-likeness (QED) is 0.824. The fraction of sp³-hybridized carbons (Fsp3) is 0.350. The van der Waals surface area contributed by atoms with Gasteiger partial charge in [0.25, 0.3) is 5.91 Å². The summed E-state index contributed by atoms with van der Waals surface area (Å²) in [4.78, 5) is 16.8. The monoisotopic (exact) mass is 358 g/mol. The maximum atomic E-state index is 13.8. The molecular weight excluding hydrogens is 335 g/mol. The van der Waals surface area contributed by atoms with E-state index in [-0.39, 0.29) is 11.7 Å². The third-order valence-corrected chi connectivity index (χ3v) is 4.65. The van der Waals surface area contributed by atoms with E-state index in [1.807, 2.05) is 11.0 Å². The van der Waals surface area contributed by atoms with Gasteiger partial charge < -0.3 is 14.4 Å². The number of hydrogen-bond donors (Lipinski definition) is 0. The zero-order valence-corrected chi connectivity index (χ0v) is 15.1. The molecule has 6 heteroatoms. The van der Waals surface area contributed by atoms with Gasteiger partial charge in [-0.05, 0) is 18.2 Å². The SMILES string of the molecule is COc1ccc(C(=O)N2CCN(Cc3ccccc3F)CC2)c(OC)c1. The molecular formula is C20H23FN2O3. The van der Waals surface area contributed by atoms with Crippen LogP contribution in [0.15, 0.2) is 42.5 Å². The minimum absolute atomic E-state index is 0.0601. The first-order valence-corrected chi connectivity index (χ1v) is 8.59. The van der Waals surface area contributed by atoms with Gasteiger partial charge in [-0.1, -0.05) is 18.2 Å². The Morgan fingerprint density at radius 2 is 1.77 bits per heavy atom. The van der Waals surface area contributed by atoms with Crippen molar-refractivity contribution in [2.75, 3.05) is 40.4 Å². The van der Waals surface area contributed by atoms with Crippen LogP contribution in [0.25, 0.3) is 0 Å². The van der Waals surface area contributed by atoms with Gasteiger partial charge in [0.1, 0.15) is 17.3 Å². The van der Waals surface area contributed by atoms with Crippen molar-refractivity contribution in [1.29, 1.82) is 0 Å². The Morgan fingerprint density at radius 3 is 2.42 bits per heavy atom. The van der Waals surface area contributed by atoms with Crippen LogP contribution in [0, 0.1) is 5.82 Å². The predicted molar refractivity (Wildman–Crippen MR) is 97.1 cm³/mol. The standard InChI is InChI=1S/C20H23FN2O3/c1-25-16-7-8-17(19(13-16)26-2)20(24)23-11-9-22(10-12-23)14-15-5-3-4-6-18(15)21/h3-8,13H,9-12,14H2,1-2H3. The van der Waals surface area contributed by atoms with Gasteiger partial charge in [0.2, 0.25) is 0 Å². The van der Waals surface area contributed by atoms with Gasteiger partial charge in [-0.15, -0.1) is 0 Å². The summed E-state index contributed by atoms with van der Waals surface area (Å²) in [7, 11) is 3.11. The molecule has 0 saturated carbocycles. The normalized spacial score (nSPS) is 15.0. The summed E-state index contributed by atoms with van der Waals surface area (Å²) in [5.74, 6) is 0.903. The highest BCUT2D eigenvalue weighted by atomic mass is 19.1. The predicted octanol–water partition coefficient (Wildman–Crippen LogP) is 2.80. The van der Waals surface area contributed by atoms with Gasteiger partial charge in [0, 0.05) is 44.4 Å². The Kier molecular flexibility index (Phi) is 5.73. The molecule has 2 aromatic carbocycles. The van der Waals surface area contributed by atoms with Gasteiger partial charge in [0.15, 0.2) is 0 Å². The van der Waals surface area contributed by atoms with Crippen molar-refractivity contribution in [2.45, 2.75) is 6.54 Å². The summed E-state index contributed by atoms with van der Waals surface area (Å²) in [5, 5.41) is 0. The lowest BCUT2D eigenvalue weighted by atomic mass is 10.1. The molecule has 2 aromatic rings. The van der Waals surface area contributed by atoms with E-state index in [0.29, 0.717) is 55.3 Å². The molecule has 0 radical (unpaired) electrons. The zero-order valence-electron chi connectivity index (χ0n) is 15.1. The van der Waals surface area contributed by atoms with Crippen molar-refractivity contribution in [3.05, 3.63) is 59.4 Å². The van der Waals surface area contributed by atoms with Crippen molar-refractivity contribution in [3.8, 4) is 11.5 Å². The molecule has 0 bridgehead atoms. The second-order valence-corrected chi connectivity index (χ2v) is 6.23. The van der Waals surface area contributed by atoms with Gasteiger partial charge >= 0.3 is 0 Å². The van der Waals surface area contributed by atoms with E-state index in [0.717, 1.165) is 0 Å². The number of carbonyl (C=O) groups is 1. The van der Waals surface area contributed by atoms with Gasteiger partial charge in [-0.2, -0.15) is 0 Å². The van der Waals surface area contributed by atoms with Crippen LogP contribution in [-0.2, 0) is 6.54 Å². The molecule has 1 aliphatic rings. The lowest BCUT2D eigenvalue weighted by Gasteiger charge is -2.35. The minimum atomic E-state index is -0.186. The molecule has 5 nitrogen and oxygen atoms in total. The summed E-state index contributed by atoms with van der Waals surface area (Å²) in [6, 6.07) is 12.0. The molecule has 1 aliphatic heterocycles. The number of methoxy groups -OCH3 is 2. The highest BCUT2D eigenvalue weighted by Crippen LogP contribution is 2.26. The molecule has 1 saturated heterocycles. The number of amides is 1. The summed E-state index contributed by atoms with van der Waals surface area (Å²) < 4.78 is 24.3. The lowest BCUT2D eigenvalue weighted by Crippen LogP contribution is -2.48. The van der Waals surface area contributed by atoms with Crippen LogP contribution in [0.3, 0.4) is 0 Å². The van der Waals surface area contributed by atoms with Crippen LogP contribution in [0.2, 0.25) is 0 Å². The third-order valence-electron chi connectivity index (χ3n) is 4.65. The highest BCUT2D eigenvalue weighted by molar-refractivity contribution is 5.97. The zero-order chi connectivity index (χ0) is 18.5. The van der Waals surface area contributed by atoms with Crippen molar-refractivity contribution in [1.82, 2.24) is 9.80 Å². The Labute approximate surface area is 152 Å². The molecule has 0 aliphatic carbocycles. The van der Waals surface area contributed by atoms with Gasteiger partial charge in [-0.3, -0.25) is 9.69 Å². The van der Waals surface area contributed by atoms with E-state index in [1.54, 1.807) is 37.4 Å². The van der Waals surface area contributed by atoms with Crippen molar-refractivity contribution >= 4 is 5.91 Å². The maximum Gasteiger partial charge on any atom is 0.257 e. The fourth-order valence-electron chi connectivity index (χ4n) is 3.12. The number of carbonyl (C=O) groups excluding carboxylic acids is 1. The van der Waals surface area contributed by atoms with Crippen LogP contribution < -0.4 is 9.47 Å². The average molecular weight is 358 g/mol. The number of halogens is 1. The first kappa shape index (κ1) is 18.2. The first-order valence-electron chi connectivity index (χ1n) is 8.59. The molecule has 0 atom stereocenters. The summed E-state index contributed by atoms with van der Waals surface area (Å²) in [5.41, 5.74) is 1.21. The second kappa shape index (κ2) is 8.19. The fourth-order valence-corrected chi connectivity index (χ4v) is 3.12. The molecule has 0 aromatic heterocycles. The summed E-state index contributed by atoms with van der Waals surface area (Å²) in [6.45, 7) is 3.17. The van der Waals surface area contributed by atoms with Crippen molar-refractivity contribution in [3.63, 3.8) is 0 Å². The molecule has 0 N–H and O–H groups in total. The summed E-state index contributed by atoms with van der Waals surface area (Å²) >= 11 is 0. The number of ether oxygens (including phenoxy) is 2. The number of nitrogens with zero attached hydrogens (tertiary/aromatic N) is 2. The number of hydrogen-bond acceptors (Lipinski definition) is 4. The largest absolute Gasteiger partial charge is 0.497 e. The molecule has 1 amide bonds. The van der Waals surface area contributed by atoms with Gasteiger partial charge in [-0.25, -0.2) is 4.39 Å². The Balaban J connectivity index is 1.63. The van der Waals surface area contributed by atoms with E-state index >= 15 is 0 Å². The van der Waals surface area contributed by atoms with Crippen LogP contribution in [0.4, 0.5) is 4.39 Å². The van der Waals surface area contributed by atoms with Crippen molar-refractivity contribution < 1.29 is 18.7 Å². The van der Waals surface area contributed by atoms with E-state index in [1.165, 1.54) is 13.2 Å². The summed E-state index contributed by atoms with van der Waals surface area (Å²) in [6.07, 6.45) is 0. The van der Waals surface area contributed by atoms with Gasteiger partial charge in [0.05, 0.1) is 19.8 Å². The van der Waals surface area contributed by atoms with Crippen LogP contribution in [0.1, 0.15) is 15.9 Å². The van der Waals surface area contributed by atoms with E-state index in [4.69, 9.17) is 9.47 Å². The number of piperazine rings is 1. The highest BCUT2D eigenvalue weighted by Gasteiger charge is 2.25. The Morgan fingerprint density at radius 1 is 1.04 bits per heavy atom. The maximum absolute atomic E-state index is 13.8. The topological polar surface area (TPSA) is 42.0 Å². The molecule has 138 valence electrons.